The van der Waals surface area contributed by atoms with Crippen molar-refractivity contribution >= 4 is 180 Å². The predicted molar refractivity (Wildman–Crippen MR) is 491 cm³/mol. The topological polar surface area (TPSA) is 858 Å². The average Bonchev–Trinajstić information content (AvgIpc) is 0.879. The molecule has 0 radical (unpaired) electrons. The monoisotopic (exact) mass is 2080 g/mol. The third kappa shape index (κ3) is 108. The number of nitrogens with one attached hydrogen (secondary N) is 13. The fraction of sp³-hybridized carbons (Fsp3) is 0.760. The van der Waals surface area contributed by atoms with Gasteiger partial charge in [0.05, 0.1) is 52.6 Å². The fourth-order valence-electron chi connectivity index (χ4n) is 7.80. The zero-order chi connectivity index (χ0) is 103. The summed E-state index contributed by atoms with van der Waals surface area (Å²) in [6.07, 6.45) is -1.30. The summed E-state index contributed by atoms with van der Waals surface area (Å²) in [6, 6.07) is -4.90. The number of hydrogen-bond donors (Lipinski definition) is 22. The van der Waals surface area contributed by atoms with Crippen LogP contribution in [-0.4, -0.2) is 298 Å². The number of ether oxygens (including phenoxy) is 8. The number of carbonyl (C=O) groups is 18. The van der Waals surface area contributed by atoms with Crippen molar-refractivity contribution in [2.24, 2.45) is 32.4 Å². The van der Waals surface area contributed by atoms with E-state index in [1.54, 1.807) is 83.1 Å². The van der Waals surface area contributed by atoms with Gasteiger partial charge in [-0.25, -0.2) is 28.8 Å². The van der Waals surface area contributed by atoms with Crippen molar-refractivity contribution in [2.75, 3.05) is 61.2 Å². The van der Waals surface area contributed by atoms with Gasteiger partial charge in [0.1, 0.15) is 67.3 Å². The Morgan fingerprint density at radius 3 is 0.807 bits per heavy atom. The molecule has 25 N–H and O–H groups in total. The number of aliphatic carboxylic acids is 3. The molecule has 0 heterocycles. The summed E-state index contributed by atoms with van der Waals surface area (Å²) in [5.74, 6) is -11.9. The number of nitrogens with two attached hydrogens (primary N) is 2. The average molecular weight is 2080 g/mol. The van der Waals surface area contributed by atoms with E-state index >= 15 is 0 Å². The summed E-state index contributed by atoms with van der Waals surface area (Å²) < 4.78 is 37.5. The molecule has 9 amide bonds. The first-order chi connectivity index (χ1) is 59.4. The molecule has 0 spiro atoms. The molecular weight excluding hydrogens is 1930 g/mol. The molecule has 0 bridgehead atoms. The maximum Gasteiger partial charge on any atom is 1.00 e. The molecule has 0 aliphatic carbocycles. The van der Waals surface area contributed by atoms with Crippen molar-refractivity contribution in [1.29, 1.82) is 22.1 Å². The number of Topliss-reactive ketones (excluding diaryl/α,β-unsaturated/α-hetero) is 2. The fourth-order valence-corrected chi connectivity index (χ4v) is 7.80. The Bertz CT molecular complexity index is 3350. The van der Waals surface area contributed by atoms with Gasteiger partial charge in [-0.2, -0.15) is 22.1 Å². The molecule has 10 atom stereocenters. The van der Waals surface area contributed by atoms with Crippen LogP contribution in [-0.2, 0) is 105 Å². The second-order valence-corrected chi connectivity index (χ2v) is 30.9. The van der Waals surface area contributed by atoms with Crippen LogP contribution >= 0.6 is 72.8 Å². The zero-order valence-corrected chi connectivity index (χ0v) is 85.9. The van der Waals surface area contributed by atoms with Gasteiger partial charge in [0, 0.05) is 6.04 Å². The van der Waals surface area contributed by atoms with Gasteiger partial charge in [-0.1, -0.05) is 124 Å². The molecule has 0 rings (SSSR count). The van der Waals surface area contributed by atoms with Gasteiger partial charge in [-0.3, -0.25) is 57.5 Å². The van der Waals surface area contributed by atoms with Crippen molar-refractivity contribution in [3.63, 3.8) is 0 Å². The summed E-state index contributed by atoms with van der Waals surface area (Å²) in [4.78, 5) is 200. The van der Waals surface area contributed by atoms with Crippen molar-refractivity contribution in [2.45, 2.75) is 310 Å². The number of halogens is 6. The molecule has 0 aromatic carbocycles. The van der Waals surface area contributed by atoms with Crippen LogP contribution in [0.15, 0.2) is 20.9 Å². The number of nitrogens with zero attached hydrogens (tertiary/aromatic N) is 4. The van der Waals surface area contributed by atoms with Crippen LogP contribution in [0.1, 0.15) is 222 Å². The molecule has 0 saturated heterocycles. The van der Waals surface area contributed by atoms with E-state index in [0.29, 0.717) is 57.8 Å². The second-order valence-electron chi connectivity index (χ2n) is 29.8. The molecule has 0 aromatic rings. The Hall–Kier alpha value is -9.48. The Balaban J connectivity index is -0.0000000863. The van der Waals surface area contributed by atoms with E-state index in [-0.39, 0.29) is 100 Å². The maximum absolute atomic E-state index is 12.0. The van der Waals surface area contributed by atoms with Gasteiger partial charge >= 0.3 is 85.0 Å². The first-order valence-corrected chi connectivity index (χ1v) is 40.6. The van der Waals surface area contributed by atoms with E-state index in [9.17, 15) is 107 Å². The number of amides is 9. The number of aliphatic hydroxyl groups excluding tert-OH is 4. The van der Waals surface area contributed by atoms with Crippen molar-refractivity contribution in [1.82, 2.24) is 47.9 Å². The van der Waals surface area contributed by atoms with Crippen LogP contribution in [0, 0.1) is 22.1 Å². The zero-order valence-electron chi connectivity index (χ0n) is 81.1. The number of alkyl carbamates (subject to hydrolysis) is 4. The number of rotatable bonds is 41. The number of esters is 4. The minimum Gasteiger partial charge on any atom is -0.870 e. The van der Waals surface area contributed by atoms with E-state index in [2.05, 4.69) is 102 Å². The van der Waals surface area contributed by atoms with Crippen molar-refractivity contribution in [3.05, 3.63) is 0 Å². The van der Waals surface area contributed by atoms with Crippen LogP contribution in [0.5, 0.6) is 0 Å². The first-order valence-electron chi connectivity index (χ1n) is 39.8. The number of hydrogen-bond acceptors (Lipinski definition) is 37. The van der Waals surface area contributed by atoms with Gasteiger partial charge in [0.15, 0.2) is 18.3 Å². The van der Waals surface area contributed by atoms with E-state index in [1.165, 1.54) is 34.9 Å². The maximum atomic E-state index is 12.0. The van der Waals surface area contributed by atoms with Crippen LogP contribution in [0.4, 0.5) is 19.2 Å². The molecular formula is C75H148Cl6LiN19O34. The van der Waals surface area contributed by atoms with Gasteiger partial charge in [-0.15, -0.1) is 49.6 Å². The van der Waals surface area contributed by atoms with E-state index < -0.39 is 208 Å². The van der Waals surface area contributed by atoms with Crippen LogP contribution in [0.3, 0.4) is 0 Å². The minimum absolute atomic E-state index is 0. The van der Waals surface area contributed by atoms with E-state index in [1.807, 2.05) is 41.5 Å². The molecule has 0 saturated carbocycles. The summed E-state index contributed by atoms with van der Waals surface area (Å²) in [5.41, 5.74) is 31.1. The minimum atomic E-state index is -1.62. The smallest absolute Gasteiger partial charge is 0.870 e. The first kappa shape index (κ1) is 162. The quantitative estimate of drug-likeness (QED) is 0.00796. The molecule has 53 nitrogen and oxygen atoms in total. The summed E-state index contributed by atoms with van der Waals surface area (Å²) in [5, 5.41) is 93.1. The molecule has 0 aliphatic rings. The Morgan fingerprint density at radius 2 is 0.585 bits per heavy atom. The van der Waals surface area contributed by atoms with Crippen LogP contribution in [0.2, 0.25) is 0 Å². The summed E-state index contributed by atoms with van der Waals surface area (Å²) in [6.45, 7) is 33.8. The van der Waals surface area contributed by atoms with Crippen LogP contribution < -0.4 is 78.2 Å². The van der Waals surface area contributed by atoms with Gasteiger partial charge in [-0.05, 0) is 143 Å². The van der Waals surface area contributed by atoms with Gasteiger partial charge < -0.3 is 138 Å². The second kappa shape index (κ2) is 96.2. The summed E-state index contributed by atoms with van der Waals surface area (Å²) in [7, 11) is 4.77. The molecule has 790 valence electrons. The third-order valence-electron chi connectivity index (χ3n) is 13.3. The number of alkyl halides is 2. The van der Waals surface area contributed by atoms with E-state index in [4.69, 9.17) is 91.1 Å². The van der Waals surface area contributed by atoms with Gasteiger partial charge in [0.25, 0.3) is 29.5 Å². The number of ketones is 2. The Labute approximate surface area is 833 Å². The molecule has 0 aliphatic heterocycles. The Morgan fingerprint density at radius 1 is 0.356 bits per heavy atom. The molecule has 135 heavy (non-hydrogen) atoms. The normalized spacial score (nSPS) is 11.9. The number of aliphatic hydroxyl groups is 4. The third-order valence-corrected chi connectivity index (χ3v) is 13.7. The van der Waals surface area contributed by atoms with Gasteiger partial charge in [0.2, 0.25) is 16.4 Å². The number of carbonyl (C=O) groups excluding carboxylic acids is 15. The Kier molecular flexibility index (Phi) is 116. The van der Waals surface area contributed by atoms with E-state index in [0.717, 1.165) is 12.8 Å². The standard InChI is InChI=1S/C14H26N2O6.C14H24N2O6.C13H24N2O6.C11H21NO5.C9H18N2O4.C9H16N2O4.C3H8.C2H2Cl2O2.4ClH.Li.2H2N4.H2O/c2*1-6-7-9(16-13(20)22-14(2,3)4)11(18)12(19)15-8-10(17)21-5;1-5-6-8(15-12(20)21-13(2,3)4)10(18)11(19)14-7-9(16)17;1-5-6-7(8(13)9(14)15)12-10(16)17-11(2,3)4;2*1-3-4-6(10)8(13)9(14)11-5-7(12)15-2;1-3-2;3-1(4)2(5)6;;;;;;2*1-3-4-2;/h9,11,18H,6-8H2,1-5H3,(H,15,19)(H,16,20);9H,6-8H2,1-5H3,(H,15,19)(H,16,20);8,10,18H,5-7H2,1-4H3,(H,14,19)(H,15,20)(H,16,17);7-8,13H,5-6H2,1-4H3,(H,12,16)(H,14,15);6,8,13H,3-5,10H2,1-2H3,(H,11,14);6H,3-5,10H2,1-2H3,(H,11,14);3H2,1-2H3;1H,(H,5,6);4*1H;;2*1-2H;1H2/q;;;;;;;;;;;;+1;;;/p-1. The molecule has 0 fully saturated rings. The molecule has 10 unspecified atom stereocenters. The number of carboxylic acids is 3. The largest absolute Gasteiger partial charge is 1.00 e. The molecule has 60 heteroatoms. The number of carboxylic acid groups (broad SMARTS) is 3. The predicted octanol–water partition coefficient (Wildman–Crippen LogP) is 2.70. The number of methoxy groups -OCH3 is 4. The van der Waals surface area contributed by atoms with Crippen molar-refractivity contribution in [3.8, 4) is 0 Å². The summed E-state index contributed by atoms with van der Waals surface area (Å²) >= 11 is 9.56. The van der Waals surface area contributed by atoms with Crippen LogP contribution in [0.25, 0.3) is 0 Å². The SMILES string of the molecule is CCC.CCCC(N)C(=O)C(=O)NCC(=O)OC.CCCC(N)C(O)C(=O)NCC(=O)OC.CCCC(NC(=O)OC(C)(C)C)C(=O)C(=O)NCC(=O)OC.CCCC(NC(=O)OC(C)(C)C)C(O)C(=O)NCC(=O)O.CCCC(NC(=O)OC(C)(C)C)C(O)C(=O)NCC(=O)OC.CCCC(NC(=O)OC(C)(C)C)C(O)C(=O)O.Cl.Cl.Cl.Cl.N=NN=N.N=NN=N.O=C(O)C(Cl)Cl.[Li+].[OH-]. The van der Waals surface area contributed by atoms with Crippen molar-refractivity contribution < 1.29 is 184 Å². The molecule has 0 aromatic heterocycles.